The molecule has 1 N–H and O–H groups in total. The lowest BCUT2D eigenvalue weighted by molar-refractivity contribution is -0.131. The normalized spacial score (nSPS) is 16.2. The minimum Gasteiger partial charge on any atom is -0.367 e. The first-order chi connectivity index (χ1) is 15.7. The standard InChI is InChI=1S/C23H22F6N4/c24-15-5-6-17(25)16(13-15)20(26)14-7-11-33(12-8-14)22-21(30-10-9-23(27,28)29)31-18-3-1-2-4-19(18)32-22/h1-6,13-14,20H,7-12H2,(H,30,31). The molecule has 4 rings (SSSR count). The number of anilines is 2. The van der Waals surface area contributed by atoms with Crippen LogP contribution in [0.15, 0.2) is 42.5 Å². The van der Waals surface area contributed by atoms with E-state index >= 15 is 0 Å². The molecule has 0 aliphatic carbocycles. The van der Waals surface area contributed by atoms with E-state index in [1.165, 1.54) is 0 Å². The molecule has 1 aliphatic heterocycles. The average Bonchev–Trinajstić information content (AvgIpc) is 2.79. The number of alkyl halides is 4. The molecule has 0 spiro atoms. The van der Waals surface area contributed by atoms with Crippen LogP contribution in [0.5, 0.6) is 0 Å². The SMILES string of the molecule is Fc1ccc(F)c(C(F)C2CCN(c3nc4ccccc4nc3NCCC(F)(F)F)CC2)c1. The van der Waals surface area contributed by atoms with E-state index in [9.17, 15) is 26.3 Å². The fraction of sp³-hybridized carbons (Fsp3) is 0.391. The number of fused-ring (bicyclic) bond motifs is 1. The maximum atomic E-state index is 15.0. The summed E-state index contributed by atoms with van der Waals surface area (Å²) in [5, 5.41) is 2.73. The van der Waals surface area contributed by atoms with Gasteiger partial charge in [0.15, 0.2) is 11.6 Å². The minimum absolute atomic E-state index is 0.226. The van der Waals surface area contributed by atoms with Gasteiger partial charge < -0.3 is 10.2 Å². The summed E-state index contributed by atoms with van der Waals surface area (Å²) in [7, 11) is 0. The van der Waals surface area contributed by atoms with Gasteiger partial charge in [-0.1, -0.05) is 12.1 Å². The number of benzene rings is 2. The highest BCUT2D eigenvalue weighted by Crippen LogP contribution is 2.37. The summed E-state index contributed by atoms with van der Waals surface area (Å²) in [5.74, 6) is -1.39. The molecule has 0 amide bonds. The number of hydrogen-bond donors (Lipinski definition) is 1. The third-order valence-corrected chi connectivity index (χ3v) is 5.76. The Bertz CT molecular complexity index is 1110. The number of aromatic nitrogens is 2. The van der Waals surface area contributed by atoms with E-state index in [0.29, 0.717) is 42.8 Å². The van der Waals surface area contributed by atoms with Crippen LogP contribution in [0.3, 0.4) is 0 Å². The Labute approximate surface area is 186 Å². The Morgan fingerprint density at radius 1 is 1.00 bits per heavy atom. The van der Waals surface area contributed by atoms with Gasteiger partial charge in [0.05, 0.1) is 17.5 Å². The third-order valence-electron chi connectivity index (χ3n) is 5.76. The first kappa shape index (κ1) is 23.1. The highest BCUT2D eigenvalue weighted by atomic mass is 19.4. The summed E-state index contributed by atoms with van der Waals surface area (Å²) in [5.41, 5.74) is 0.825. The zero-order valence-electron chi connectivity index (χ0n) is 17.5. The molecule has 1 saturated heterocycles. The maximum absolute atomic E-state index is 15.0. The molecule has 1 fully saturated rings. The van der Waals surface area contributed by atoms with Gasteiger partial charge >= 0.3 is 6.18 Å². The predicted octanol–water partition coefficient (Wildman–Crippen LogP) is 6.20. The Balaban J connectivity index is 1.51. The monoisotopic (exact) mass is 468 g/mol. The summed E-state index contributed by atoms with van der Waals surface area (Å²) in [4.78, 5) is 10.9. The van der Waals surface area contributed by atoms with Crippen LogP contribution in [0.1, 0.15) is 31.0 Å². The van der Waals surface area contributed by atoms with Gasteiger partial charge in [0.1, 0.15) is 17.8 Å². The van der Waals surface area contributed by atoms with Crippen LogP contribution in [-0.4, -0.2) is 35.8 Å². The molecule has 3 aromatic rings. The van der Waals surface area contributed by atoms with Crippen LogP contribution in [0.2, 0.25) is 0 Å². The first-order valence-corrected chi connectivity index (χ1v) is 10.6. The van der Waals surface area contributed by atoms with Gasteiger partial charge in [0, 0.05) is 25.2 Å². The number of nitrogens with one attached hydrogen (secondary N) is 1. The lowest BCUT2D eigenvalue weighted by Gasteiger charge is -2.35. The molecule has 0 radical (unpaired) electrons. The quantitative estimate of drug-likeness (QED) is 0.438. The van der Waals surface area contributed by atoms with Gasteiger partial charge in [0.25, 0.3) is 0 Å². The first-order valence-electron chi connectivity index (χ1n) is 10.6. The third kappa shape index (κ3) is 5.48. The van der Waals surface area contributed by atoms with Crippen molar-refractivity contribution >= 4 is 22.7 Å². The van der Waals surface area contributed by atoms with E-state index in [1.54, 1.807) is 24.3 Å². The van der Waals surface area contributed by atoms with Crippen LogP contribution in [-0.2, 0) is 0 Å². The zero-order valence-corrected chi connectivity index (χ0v) is 17.5. The summed E-state index contributed by atoms with van der Waals surface area (Å²) in [6, 6.07) is 9.75. The largest absolute Gasteiger partial charge is 0.390 e. The highest BCUT2D eigenvalue weighted by Gasteiger charge is 2.31. The van der Waals surface area contributed by atoms with Crippen LogP contribution in [0.25, 0.3) is 11.0 Å². The van der Waals surface area contributed by atoms with E-state index < -0.39 is 36.3 Å². The fourth-order valence-electron chi connectivity index (χ4n) is 4.04. The van der Waals surface area contributed by atoms with Gasteiger partial charge in [-0.05, 0) is 49.1 Å². The van der Waals surface area contributed by atoms with Crippen LogP contribution in [0.4, 0.5) is 38.0 Å². The second kappa shape index (κ2) is 9.44. The number of rotatable bonds is 6. The smallest absolute Gasteiger partial charge is 0.367 e. The molecule has 1 aliphatic rings. The van der Waals surface area contributed by atoms with Crippen molar-refractivity contribution in [2.45, 2.75) is 31.6 Å². The summed E-state index contributed by atoms with van der Waals surface area (Å²) < 4.78 is 80.3. The Hall–Kier alpha value is -3.04. The van der Waals surface area contributed by atoms with Gasteiger partial charge in [-0.3, -0.25) is 0 Å². The second-order valence-corrected chi connectivity index (χ2v) is 8.07. The average molecular weight is 468 g/mol. The molecular weight excluding hydrogens is 446 g/mol. The Kier molecular flexibility index (Phi) is 6.62. The summed E-state index contributed by atoms with van der Waals surface area (Å²) in [6.07, 6.45) is -6.31. The van der Waals surface area contributed by atoms with Crippen molar-refractivity contribution in [2.75, 3.05) is 29.9 Å². The number of piperidine rings is 1. The van der Waals surface area contributed by atoms with Gasteiger partial charge in [0.2, 0.25) is 0 Å². The second-order valence-electron chi connectivity index (χ2n) is 8.07. The van der Waals surface area contributed by atoms with E-state index in [0.717, 1.165) is 18.2 Å². The van der Waals surface area contributed by atoms with E-state index in [2.05, 4.69) is 15.3 Å². The number of halogens is 6. The van der Waals surface area contributed by atoms with Crippen molar-refractivity contribution in [1.29, 1.82) is 0 Å². The highest BCUT2D eigenvalue weighted by molar-refractivity contribution is 5.80. The Morgan fingerprint density at radius 2 is 1.67 bits per heavy atom. The van der Waals surface area contributed by atoms with Crippen molar-refractivity contribution in [2.24, 2.45) is 5.92 Å². The lowest BCUT2D eigenvalue weighted by atomic mass is 9.88. The van der Waals surface area contributed by atoms with E-state index in [1.807, 2.05) is 4.90 Å². The van der Waals surface area contributed by atoms with Crippen molar-refractivity contribution in [1.82, 2.24) is 9.97 Å². The molecule has 1 atom stereocenters. The van der Waals surface area contributed by atoms with Crippen molar-refractivity contribution in [3.63, 3.8) is 0 Å². The van der Waals surface area contributed by atoms with Crippen LogP contribution in [0, 0.1) is 17.6 Å². The molecule has 0 bridgehead atoms. The molecule has 2 aromatic carbocycles. The van der Waals surface area contributed by atoms with Gasteiger partial charge in [-0.25, -0.2) is 23.1 Å². The van der Waals surface area contributed by atoms with Crippen molar-refractivity contribution < 1.29 is 26.3 Å². The number of para-hydroxylation sites is 2. The van der Waals surface area contributed by atoms with Crippen molar-refractivity contribution in [3.8, 4) is 0 Å². The molecule has 2 heterocycles. The predicted molar refractivity (Wildman–Crippen MR) is 114 cm³/mol. The minimum atomic E-state index is -4.31. The van der Waals surface area contributed by atoms with E-state index in [-0.39, 0.29) is 17.9 Å². The molecule has 10 heteroatoms. The molecule has 1 aromatic heterocycles. The van der Waals surface area contributed by atoms with Crippen LogP contribution >= 0.6 is 0 Å². The fourth-order valence-corrected chi connectivity index (χ4v) is 4.04. The topological polar surface area (TPSA) is 41.1 Å². The number of hydrogen-bond acceptors (Lipinski definition) is 4. The van der Waals surface area contributed by atoms with Crippen molar-refractivity contribution in [3.05, 3.63) is 59.7 Å². The molecule has 176 valence electrons. The molecule has 33 heavy (non-hydrogen) atoms. The van der Waals surface area contributed by atoms with E-state index in [4.69, 9.17) is 0 Å². The summed E-state index contributed by atoms with van der Waals surface area (Å²) >= 11 is 0. The van der Waals surface area contributed by atoms with Gasteiger partial charge in [-0.2, -0.15) is 13.2 Å². The zero-order chi connectivity index (χ0) is 23.6. The van der Waals surface area contributed by atoms with Gasteiger partial charge in [-0.15, -0.1) is 0 Å². The lowest BCUT2D eigenvalue weighted by Crippen LogP contribution is -2.36. The Morgan fingerprint density at radius 3 is 2.33 bits per heavy atom. The molecular formula is C23H22F6N4. The maximum Gasteiger partial charge on any atom is 0.390 e. The van der Waals surface area contributed by atoms with Crippen LogP contribution < -0.4 is 10.2 Å². The summed E-state index contributed by atoms with van der Waals surface area (Å²) in [6.45, 7) is 0.345. The molecule has 1 unspecified atom stereocenters. The molecule has 4 nitrogen and oxygen atoms in total. The molecule has 0 saturated carbocycles. The number of nitrogens with zero attached hydrogens (tertiary/aromatic N) is 3.